The molecule has 0 unspecified atom stereocenters. The number of hydrogen-bond donors (Lipinski definition) is 2. The van der Waals surface area contributed by atoms with Crippen LogP contribution in [0.2, 0.25) is 5.02 Å². The Morgan fingerprint density at radius 2 is 1.90 bits per heavy atom. The first-order valence-corrected chi connectivity index (χ1v) is 13.7. The van der Waals surface area contributed by atoms with E-state index in [-0.39, 0.29) is 41.7 Å². The highest BCUT2D eigenvalue weighted by molar-refractivity contribution is 14.1. The topological polar surface area (TPSA) is 157 Å². The Balaban J connectivity index is 1.59. The number of non-ortho nitro benzene ring substituents is 1. The molecule has 0 aliphatic carbocycles. The van der Waals surface area contributed by atoms with Gasteiger partial charge < -0.3 is 14.8 Å². The highest BCUT2D eigenvalue weighted by atomic mass is 127. The van der Waals surface area contributed by atoms with Crippen molar-refractivity contribution in [3.63, 3.8) is 0 Å². The number of benzene rings is 3. The van der Waals surface area contributed by atoms with Crippen LogP contribution in [0.1, 0.15) is 18.1 Å². The number of urea groups is 1. The maximum absolute atomic E-state index is 13.3. The Bertz CT molecular complexity index is 1660. The molecule has 5 amide bonds. The van der Waals surface area contributed by atoms with Gasteiger partial charge in [-0.2, -0.15) is 0 Å². The lowest BCUT2D eigenvalue weighted by Crippen LogP contribution is -2.54. The lowest BCUT2D eigenvalue weighted by molar-refractivity contribution is -0.384. The van der Waals surface area contributed by atoms with Gasteiger partial charge in [0.05, 0.1) is 20.8 Å². The van der Waals surface area contributed by atoms with Gasteiger partial charge in [0, 0.05) is 22.8 Å². The molecule has 3 aromatic rings. The summed E-state index contributed by atoms with van der Waals surface area (Å²) < 4.78 is 12.0. The second kappa shape index (κ2) is 13.0. The number of carbonyl (C=O) groups is 4. The number of nitrogens with zero attached hydrogens (tertiary/aromatic N) is 2. The zero-order valence-electron chi connectivity index (χ0n) is 22.1. The number of rotatable bonds is 9. The van der Waals surface area contributed by atoms with E-state index in [4.69, 9.17) is 21.1 Å². The fourth-order valence-corrected chi connectivity index (χ4v) is 4.85. The summed E-state index contributed by atoms with van der Waals surface area (Å²) in [6.45, 7) is 3.49. The van der Waals surface area contributed by atoms with Crippen LogP contribution in [0.15, 0.2) is 60.2 Å². The lowest BCUT2D eigenvalue weighted by atomic mass is 10.1. The number of imide groups is 2. The normalized spacial score (nSPS) is 14.0. The van der Waals surface area contributed by atoms with Crippen molar-refractivity contribution in [2.45, 2.75) is 13.8 Å². The third kappa shape index (κ3) is 6.86. The Morgan fingerprint density at radius 1 is 1.14 bits per heavy atom. The van der Waals surface area contributed by atoms with E-state index in [1.165, 1.54) is 30.3 Å². The van der Waals surface area contributed by atoms with Crippen molar-refractivity contribution in [3.05, 3.63) is 90.0 Å². The zero-order valence-corrected chi connectivity index (χ0v) is 25.0. The van der Waals surface area contributed by atoms with E-state index >= 15 is 0 Å². The van der Waals surface area contributed by atoms with Gasteiger partial charge in [0.1, 0.15) is 5.57 Å². The van der Waals surface area contributed by atoms with Crippen LogP contribution >= 0.6 is 34.2 Å². The molecule has 216 valence electrons. The summed E-state index contributed by atoms with van der Waals surface area (Å²) in [4.78, 5) is 62.1. The average Bonchev–Trinajstić information content (AvgIpc) is 2.93. The van der Waals surface area contributed by atoms with E-state index < -0.39 is 28.7 Å². The monoisotopic (exact) mass is 704 g/mol. The molecular formula is C28H22ClIN4O8. The number of nitro benzene ring substituents is 1. The Labute approximate surface area is 257 Å². The molecule has 3 aromatic carbocycles. The average molecular weight is 705 g/mol. The lowest BCUT2D eigenvalue weighted by Gasteiger charge is -2.26. The van der Waals surface area contributed by atoms with Crippen molar-refractivity contribution in [3.8, 4) is 11.5 Å². The molecule has 0 aromatic heterocycles. The van der Waals surface area contributed by atoms with E-state index in [2.05, 4.69) is 10.6 Å². The summed E-state index contributed by atoms with van der Waals surface area (Å²) in [6.07, 6.45) is 1.26. The van der Waals surface area contributed by atoms with Gasteiger partial charge in [0.25, 0.3) is 23.4 Å². The first-order chi connectivity index (χ1) is 20.0. The minimum Gasteiger partial charge on any atom is -0.490 e. The fourth-order valence-electron chi connectivity index (χ4n) is 3.88. The van der Waals surface area contributed by atoms with E-state index in [9.17, 15) is 29.3 Å². The molecule has 1 fully saturated rings. The Kier molecular flexibility index (Phi) is 9.42. The highest BCUT2D eigenvalue weighted by Gasteiger charge is 2.37. The number of halogens is 2. The molecule has 2 N–H and O–H groups in total. The second-order valence-corrected chi connectivity index (χ2v) is 10.4. The van der Waals surface area contributed by atoms with Gasteiger partial charge in [-0.25, -0.2) is 9.69 Å². The van der Waals surface area contributed by atoms with Crippen LogP contribution in [-0.4, -0.2) is 41.9 Å². The summed E-state index contributed by atoms with van der Waals surface area (Å²) in [6, 6.07) is 12.1. The number of barbiturate groups is 1. The molecule has 1 aliphatic heterocycles. The smallest absolute Gasteiger partial charge is 0.335 e. The van der Waals surface area contributed by atoms with Gasteiger partial charge in [-0.1, -0.05) is 23.7 Å². The highest BCUT2D eigenvalue weighted by Crippen LogP contribution is 2.35. The SMILES string of the molecule is CCOc1cc(/C=C2/C(=O)NC(=O)N(c3cccc([N+](=O)[O-])c3)C2=O)cc(I)c1OCC(=O)Nc1ccc(C)c(Cl)c1. The van der Waals surface area contributed by atoms with Crippen LogP contribution in [0.25, 0.3) is 6.08 Å². The molecule has 0 radical (unpaired) electrons. The first kappa shape index (κ1) is 30.5. The maximum Gasteiger partial charge on any atom is 0.335 e. The molecule has 14 heteroatoms. The quantitative estimate of drug-likeness (QED) is 0.101. The number of aryl methyl sites for hydroxylation is 1. The number of ether oxygens (including phenoxy) is 2. The summed E-state index contributed by atoms with van der Waals surface area (Å²) in [5.74, 6) is -1.82. The van der Waals surface area contributed by atoms with Gasteiger partial charge in [-0.05, 0) is 84.0 Å². The third-order valence-electron chi connectivity index (χ3n) is 5.85. The molecule has 4 rings (SSSR count). The van der Waals surface area contributed by atoms with Crippen LogP contribution in [0, 0.1) is 20.6 Å². The number of anilines is 2. The van der Waals surface area contributed by atoms with E-state index in [1.807, 2.05) is 29.5 Å². The summed E-state index contributed by atoms with van der Waals surface area (Å²) in [7, 11) is 0. The number of hydrogen-bond acceptors (Lipinski definition) is 8. The summed E-state index contributed by atoms with van der Waals surface area (Å²) in [5, 5.41) is 16.5. The molecule has 0 spiro atoms. The largest absolute Gasteiger partial charge is 0.490 e. The van der Waals surface area contributed by atoms with Gasteiger partial charge in [-0.15, -0.1) is 0 Å². The van der Waals surface area contributed by atoms with Crippen molar-refractivity contribution in [1.29, 1.82) is 0 Å². The number of nitrogens with one attached hydrogen (secondary N) is 2. The maximum atomic E-state index is 13.3. The molecule has 0 atom stereocenters. The van der Waals surface area contributed by atoms with Crippen LogP contribution in [0.3, 0.4) is 0 Å². The predicted molar refractivity (Wildman–Crippen MR) is 163 cm³/mol. The van der Waals surface area contributed by atoms with Crippen molar-refractivity contribution in [1.82, 2.24) is 5.32 Å². The number of nitro groups is 1. The summed E-state index contributed by atoms with van der Waals surface area (Å²) in [5.41, 5.74) is 0.939. The molecule has 42 heavy (non-hydrogen) atoms. The molecule has 0 bridgehead atoms. The zero-order chi connectivity index (χ0) is 30.6. The molecule has 0 saturated carbocycles. The van der Waals surface area contributed by atoms with Crippen LogP contribution in [0.5, 0.6) is 11.5 Å². The van der Waals surface area contributed by atoms with Crippen LogP contribution < -0.4 is 25.0 Å². The number of amides is 5. The molecule has 12 nitrogen and oxygen atoms in total. The first-order valence-electron chi connectivity index (χ1n) is 12.3. The van der Waals surface area contributed by atoms with E-state index in [1.54, 1.807) is 31.2 Å². The predicted octanol–water partition coefficient (Wildman–Crippen LogP) is 5.24. The molecule has 1 saturated heterocycles. The van der Waals surface area contributed by atoms with E-state index in [0.29, 0.717) is 24.7 Å². The second-order valence-electron chi connectivity index (χ2n) is 8.80. The molecule has 1 heterocycles. The van der Waals surface area contributed by atoms with Crippen molar-refractivity contribution >= 4 is 81.1 Å². The minimum absolute atomic E-state index is 0.0791. The van der Waals surface area contributed by atoms with Gasteiger partial charge in [0.15, 0.2) is 18.1 Å². The van der Waals surface area contributed by atoms with Crippen molar-refractivity contribution in [2.24, 2.45) is 0 Å². The van der Waals surface area contributed by atoms with Crippen molar-refractivity contribution in [2.75, 3.05) is 23.4 Å². The number of carbonyl (C=O) groups excluding carboxylic acids is 4. The van der Waals surface area contributed by atoms with Gasteiger partial charge in [-0.3, -0.25) is 29.8 Å². The fraction of sp³-hybridized carbons (Fsp3) is 0.143. The summed E-state index contributed by atoms with van der Waals surface area (Å²) >= 11 is 8.08. The molecular weight excluding hydrogens is 683 g/mol. The Hall–Kier alpha value is -4.50. The molecule has 1 aliphatic rings. The van der Waals surface area contributed by atoms with Crippen molar-refractivity contribution < 1.29 is 33.6 Å². The minimum atomic E-state index is -1.04. The van der Waals surface area contributed by atoms with E-state index in [0.717, 1.165) is 11.6 Å². The standard InChI is InChI=1S/C28H22ClIN4O8/c1-3-41-23-11-16(10-22(30)25(23)42-14-24(35)31-17-8-7-15(2)21(29)12-17)9-20-26(36)32-28(38)33(27(20)37)18-5-4-6-19(13-18)34(39)40/h4-13H,3,14H2,1-2H3,(H,31,35)(H,32,36,38)/b20-9-. The van der Waals surface area contributed by atoms with Crippen LogP contribution in [0.4, 0.5) is 21.9 Å². The van der Waals surface area contributed by atoms with Crippen LogP contribution in [-0.2, 0) is 14.4 Å². The van der Waals surface area contributed by atoms with Gasteiger partial charge in [0.2, 0.25) is 0 Å². The Morgan fingerprint density at radius 3 is 2.60 bits per heavy atom. The third-order valence-corrected chi connectivity index (χ3v) is 7.05. The van der Waals surface area contributed by atoms with Gasteiger partial charge >= 0.3 is 6.03 Å².